The van der Waals surface area contributed by atoms with Crippen LogP contribution in [0.1, 0.15) is 82.2 Å². The van der Waals surface area contributed by atoms with Crippen molar-refractivity contribution >= 4 is 30.3 Å². The minimum absolute atomic E-state index is 0.743. The minimum atomic E-state index is -10.7. The molecule has 5 rings (SSSR count). The van der Waals surface area contributed by atoms with Crippen molar-refractivity contribution in [2.45, 2.75) is 94.3 Å². The van der Waals surface area contributed by atoms with Crippen LogP contribution < -0.4 is 15.2 Å². The Hall–Kier alpha value is -4.24. The molecule has 276 valence electrons. The van der Waals surface area contributed by atoms with Crippen molar-refractivity contribution in [3.8, 4) is 0 Å². The Morgan fingerprint density at radius 2 is 1.00 bits per heavy atom. The molecule has 0 radical (unpaired) electrons. The maximum absolute atomic E-state index is 10.7. The van der Waals surface area contributed by atoms with Crippen molar-refractivity contribution < 1.29 is 29.7 Å². The third-order valence-electron chi connectivity index (χ3n) is 8.65. The summed E-state index contributed by atoms with van der Waals surface area (Å²) in [6, 6.07) is 19.6. The number of aryl methyl sites for hydroxylation is 5. The Morgan fingerprint density at radius 1 is 0.569 bits per heavy atom. The van der Waals surface area contributed by atoms with Gasteiger partial charge in [-0.1, -0.05) is 32.9 Å². The standard InChI is InChI=1S/C39H48N5.F6P/c1-9-31-34(21-40-38-19-25(4)16-28(7)42-38)32(10-2)36(24-44-23-27(6)18-30-14-12-13-15-37(30)44)33(11-3)35(31)22-41-39-20-26(5)17-29(8)43-39;1-7(2,3,4,5)6/h12-20,23H,9-11,21-22,24H2,1-8H3,(H,40,42)(H,41,43);/q+1;-1. The van der Waals surface area contributed by atoms with E-state index in [1.807, 2.05) is 0 Å². The van der Waals surface area contributed by atoms with Crippen LogP contribution in [-0.4, -0.2) is 9.97 Å². The first-order valence-electron chi connectivity index (χ1n) is 17.2. The molecule has 0 saturated carbocycles. The number of pyridine rings is 3. The fourth-order valence-electron chi connectivity index (χ4n) is 6.98. The summed E-state index contributed by atoms with van der Waals surface area (Å²) in [7, 11) is -10.7. The van der Waals surface area contributed by atoms with Crippen LogP contribution in [0.2, 0.25) is 0 Å². The van der Waals surface area contributed by atoms with E-state index in [0.29, 0.717) is 0 Å². The van der Waals surface area contributed by atoms with Crippen LogP contribution in [0.3, 0.4) is 0 Å². The van der Waals surface area contributed by atoms with E-state index in [1.165, 1.54) is 61.0 Å². The Labute approximate surface area is 296 Å². The van der Waals surface area contributed by atoms with Crippen LogP contribution in [0, 0.1) is 34.6 Å². The molecule has 0 atom stereocenters. The molecule has 3 aromatic heterocycles. The molecule has 5 nitrogen and oxygen atoms in total. The molecule has 0 fully saturated rings. The number of fused-ring (bicyclic) bond motifs is 1. The first kappa shape index (κ1) is 39.5. The van der Waals surface area contributed by atoms with Gasteiger partial charge in [0.15, 0.2) is 12.7 Å². The number of nitrogens with one attached hydrogen (secondary N) is 2. The van der Waals surface area contributed by atoms with Crippen molar-refractivity contribution in [2.24, 2.45) is 0 Å². The summed E-state index contributed by atoms with van der Waals surface area (Å²) in [6.45, 7) is 19.8. The molecule has 12 heteroatoms. The molecule has 5 aromatic rings. The summed E-state index contributed by atoms with van der Waals surface area (Å²) < 4.78 is 61.6. The molecule has 0 amide bonds. The van der Waals surface area contributed by atoms with E-state index in [4.69, 9.17) is 9.97 Å². The van der Waals surface area contributed by atoms with Gasteiger partial charge in [0, 0.05) is 47.1 Å². The molecule has 3 heterocycles. The quantitative estimate of drug-likeness (QED) is 0.0807. The number of halogens is 6. The van der Waals surface area contributed by atoms with Crippen LogP contribution in [0.15, 0.2) is 60.8 Å². The average molecular weight is 732 g/mol. The summed E-state index contributed by atoms with van der Waals surface area (Å²) in [5, 5.41) is 8.73. The molecule has 0 aliphatic heterocycles. The van der Waals surface area contributed by atoms with Gasteiger partial charge >= 0.3 is 33.0 Å². The monoisotopic (exact) mass is 731 g/mol. The predicted octanol–water partition coefficient (Wildman–Crippen LogP) is 11.8. The predicted molar refractivity (Wildman–Crippen MR) is 198 cm³/mol. The van der Waals surface area contributed by atoms with Gasteiger partial charge in [-0.25, -0.2) is 9.97 Å². The van der Waals surface area contributed by atoms with Crippen molar-refractivity contribution in [3.05, 3.63) is 122 Å². The van der Waals surface area contributed by atoms with E-state index in [1.54, 1.807) is 0 Å². The molecule has 0 aliphatic carbocycles. The maximum atomic E-state index is 9.87. The average Bonchev–Trinajstić information content (AvgIpc) is 3.00. The summed E-state index contributed by atoms with van der Waals surface area (Å²) in [4.78, 5) is 9.61. The van der Waals surface area contributed by atoms with Crippen LogP contribution >= 0.6 is 7.81 Å². The van der Waals surface area contributed by atoms with Gasteiger partial charge in [0.1, 0.15) is 11.6 Å². The normalized spacial score (nSPS) is 12.9. The van der Waals surface area contributed by atoms with Gasteiger partial charge in [0.05, 0.1) is 0 Å². The number of para-hydroxylation sites is 1. The van der Waals surface area contributed by atoms with Crippen molar-refractivity contribution in [2.75, 3.05) is 10.6 Å². The van der Waals surface area contributed by atoms with Crippen LogP contribution in [0.4, 0.5) is 36.8 Å². The molecule has 0 unspecified atom stereocenters. The summed E-state index contributed by atoms with van der Waals surface area (Å²) >= 11 is 0. The second kappa shape index (κ2) is 14.8. The number of nitrogens with zero attached hydrogens (tertiary/aromatic N) is 3. The summed E-state index contributed by atoms with van der Waals surface area (Å²) in [6.07, 6.45) is 5.23. The first-order chi connectivity index (χ1) is 23.6. The molecule has 0 saturated heterocycles. The van der Waals surface area contributed by atoms with Gasteiger partial charge in [-0.3, -0.25) is 0 Å². The fourth-order valence-corrected chi connectivity index (χ4v) is 6.98. The van der Waals surface area contributed by atoms with Crippen molar-refractivity contribution in [3.63, 3.8) is 0 Å². The van der Waals surface area contributed by atoms with Crippen LogP contribution in [-0.2, 0) is 38.9 Å². The zero-order chi connectivity index (χ0) is 37.8. The van der Waals surface area contributed by atoms with Gasteiger partial charge in [0.2, 0.25) is 5.52 Å². The van der Waals surface area contributed by atoms with Gasteiger partial charge in [-0.15, -0.1) is 0 Å². The van der Waals surface area contributed by atoms with Crippen molar-refractivity contribution in [1.29, 1.82) is 0 Å². The van der Waals surface area contributed by atoms with E-state index >= 15 is 0 Å². The van der Waals surface area contributed by atoms with Crippen LogP contribution in [0.5, 0.6) is 0 Å². The van der Waals surface area contributed by atoms with Gasteiger partial charge in [-0.05, 0) is 129 Å². The summed E-state index contributed by atoms with van der Waals surface area (Å²) in [5.74, 6) is 1.87. The molecule has 51 heavy (non-hydrogen) atoms. The molecule has 0 aliphatic rings. The molecule has 2 N–H and O–H groups in total. The zero-order valence-electron chi connectivity index (χ0n) is 30.6. The number of benzene rings is 2. The molecular formula is C39H48F6N5P. The van der Waals surface area contributed by atoms with Gasteiger partial charge in [0.25, 0.3) is 0 Å². The summed E-state index contributed by atoms with van der Waals surface area (Å²) in [5.41, 5.74) is 15.7. The number of rotatable bonds is 11. The Balaban J connectivity index is 0.000000755. The third kappa shape index (κ3) is 11.6. The number of hydrogen-bond acceptors (Lipinski definition) is 4. The molecule has 0 spiro atoms. The van der Waals surface area contributed by atoms with Gasteiger partial charge < -0.3 is 10.6 Å². The Bertz CT molecular complexity index is 1910. The topological polar surface area (TPSA) is 53.7 Å². The second-order valence-electron chi connectivity index (χ2n) is 13.1. The Kier molecular flexibility index (Phi) is 11.5. The SMILES string of the molecule is CCc1c(CNc2cc(C)cc(C)n2)c(CC)c(C[n+]2cc(C)cc3ccccc32)c(CC)c1CNc1cc(C)cc(C)n1.F[P-](F)(F)(F)(F)F. The number of aromatic nitrogens is 3. The molecule has 2 aromatic carbocycles. The number of hydrogen-bond donors (Lipinski definition) is 2. The number of anilines is 2. The molecular weight excluding hydrogens is 683 g/mol. The zero-order valence-corrected chi connectivity index (χ0v) is 31.5. The fraction of sp³-hybridized carbons (Fsp3) is 0.359. The van der Waals surface area contributed by atoms with E-state index in [9.17, 15) is 25.2 Å². The van der Waals surface area contributed by atoms with Crippen LogP contribution in [0.25, 0.3) is 10.9 Å². The third-order valence-corrected chi connectivity index (χ3v) is 8.65. The van der Waals surface area contributed by atoms with Gasteiger partial charge in [-0.2, -0.15) is 4.57 Å². The van der Waals surface area contributed by atoms with E-state index in [2.05, 4.69) is 131 Å². The van der Waals surface area contributed by atoms with Crippen molar-refractivity contribution in [1.82, 2.24) is 9.97 Å². The van der Waals surface area contributed by atoms with E-state index in [-0.39, 0.29) is 0 Å². The van der Waals surface area contributed by atoms with E-state index < -0.39 is 7.81 Å². The molecule has 0 bridgehead atoms. The van der Waals surface area contributed by atoms with E-state index in [0.717, 1.165) is 61.9 Å². The Morgan fingerprint density at radius 3 is 1.43 bits per heavy atom. The second-order valence-corrected chi connectivity index (χ2v) is 15.1. The first-order valence-corrected chi connectivity index (χ1v) is 19.2.